The number of ether oxygens (including phenoxy) is 1. The van der Waals surface area contributed by atoms with E-state index in [4.69, 9.17) is 16.3 Å². The van der Waals surface area contributed by atoms with E-state index in [9.17, 15) is 22.4 Å². The van der Waals surface area contributed by atoms with Gasteiger partial charge in [-0.25, -0.2) is 4.39 Å². The van der Waals surface area contributed by atoms with E-state index in [1.54, 1.807) is 0 Å². The number of carbonyl (C=O) groups is 1. The summed E-state index contributed by atoms with van der Waals surface area (Å²) >= 11 is 5.80. The molecule has 8 heteroatoms. The van der Waals surface area contributed by atoms with Crippen molar-refractivity contribution in [3.05, 3.63) is 58.9 Å². The minimum absolute atomic E-state index is 0.0186. The molecule has 128 valence electrons. The van der Waals surface area contributed by atoms with E-state index < -0.39 is 29.6 Å². The first-order chi connectivity index (χ1) is 11.2. The Balaban J connectivity index is 2.01. The normalized spacial score (nSPS) is 12.6. The number of hydrogen-bond acceptors (Lipinski definition) is 2. The molecular formula is C16H12ClF4NO2. The van der Waals surface area contributed by atoms with Gasteiger partial charge in [-0.3, -0.25) is 4.79 Å². The third kappa shape index (κ3) is 4.61. The summed E-state index contributed by atoms with van der Waals surface area (Å²) in [7, 11) is 0. The van der Waals surface area contributed by atoms with E-state index >= 15 is 0 Å². The van der Waals surface area contributed by atoms with Crippen LogP contribution < -0.4 is 10.1 Å². The zero-order valence-corrected chi connectivity index (χ0v) is 13.1. The number of halogens is 5. The molecule has 0 spiro atoms. The van der Waals surface area contributed by atoms with Crippen LogP contribution in [0.25, 0.3) is 0 Å². The molecule has 0 aliphatic heterocycles. The molecule has 0 heterocycles. The fourth-order valence-corrected chi connectivity index (χ4v) is 2.02. The molecule has 0 fully saturated rings. The smallest absolute Gasteiger partial charge is 0.416 e. The first kappa shape index (κ1) is 18.1. The second-order valence-corrected chi connectivity index (χ2v) is 5.30. The average Bonchev–Trinajstić information content (AvgIpc) is 2.49. The van der Waals surface area contributed by atoms with Crippen LogP contribution in [-0.4, -0.2) is 12.0 Å². The molecule has 2 rings (SSSR count). The van der Waals surface area contributed by atoms with Gasteiger partial charge in [0.05, 0.1) is 16.3 Å². The molecule has 0 saturated carbocycles. The van der Waals surface area contributed by atoms with Gasteiger partial charge >= 0.3 is 6.18 Å². The Bertz CT molecular complexity index is 732. The number of rotatable bonds is 4. The summed E-state index contributed by atoms with van der Waals surface area (Å²) in [5.74, 6) is -1.02. The number of hydrogen-bond donors (Lipinski definition) is 1. The van der Waals surface area contributed by atoms with E-state index in [1.807, 2.05) is 0 Å². The van der Waals surface area contributed by atoms with E-state index in [1.165, 1.54) is 13.0 Å². The molecule has 2 aromatic carbocycles. The molecule has 0 aliphatic carbocycles. The topological polar surface area (TPSA) is 38.3 Å². The zero-order chi connectivity index (χ0) is 17.9. The van der Waals surface area contributed by atoms with E-state index in [0.29, 0.717) is 0 Å². The number of benzene rings is 2. The Labute approximate surface area is 140 Å². The highest BCUT2D eigenvalue weighted by Crippen LogP contribution is 2.30. The number of carbonyl (C=O) groups excluding carboxylic acids is 1. The van der Waals surface area contributed by atoms with E-state index in [0.717, 1.165) is 36.4 Å². The van der Waals surface area contributed by atoms with Gasteiger partial charge in [-0.05, 0) is 49.4 Å². The Hall–Kier alpha value is -2.28. The van der Waals surface area contributed by atoms with Gasteiger partial charge in [0.15, 0.2) is 6.10 Å². The van der Waals surface area contributed by atoms with Crippen molar-refractivity contribution in [2.24, 2.45) is 0 Å². The van der Waals surface area contributed by atoms with Gasteiger partial charge in [0.2, 0.25) is 0 Å². The van der Waals surface area contributed by atoms with Crippen molar-refractivity contribution in [1.29, 1.82) is 0 Å². The Morgan fingerprint density at radius 3 is 2.33 bits per heavy atom. The molecule has 0 bridgehead atoms. The molecule has 0 radical (unpaired) electrons. The number of nitrogens with one attached hydrogen (secondary N) is 1. The maximum atomic E-state index is 12.9. The van der Waals surface area contributed by atoms with Crippen LogP contribution in [0.4, 0.5) is 23.2 Å². The molecule has 3 nitrogen and oxygen atoms in total. The highest BCUT2D eigenvalue weighted by molar-refractivity contribution is 6.33. The van der Waals surface area contributed by atoms with Crippen LogP contribution in [0.5, 0.6) is 5.75 Å². The minimum Gasteiger partial charge on any atom is -0.481 e. The summed E-state index contributed by atoms with van der Waals surface area (Å²) in [5, 5.41) is 2.47. The number of amides is 1. The van der Waals surface area contributed by atoms with Gasteiger partial charge in [0.1, 0.15) is 11.6 Å². The van der Waals surface area contributed by atoms with E-state index in [2.05, 4.69) is 5.32 Å². The van der Waals surface area contributed by atoms with Crippen molar-refractivity contribution < 1.29 is 27.1 Å². The van der Waals surface area contributed by atoms with Gasteiger partial charge in [-0.2, -0.15) is 13.2 Å². The lowest BCUT2D eigenvalue weighted by atomic mass is 10.2. The van der Waals surface area contributed by atoms with Crippen LogP contribution in [0.1, 0.15) is 12.5 Å². The third-order valence-electron chi connectivity index (χ3n) is 3.05. The molecule has 24 heavy (non-hydrogen) atoms. The molecule has 1 atom stereocenters. The highest BCUT2D eigenvalue weighted by atomic mass is 35.5. The summed E-state index contributed by atoms with van der Waals surface area (Å²) in [4.78, 5) is 12.0. The molecule has 1 amide bonds. The minimum atomic E-state index is -4.44. The van der Waals surface area contributed by atoms with Crippen LogP contribution in [0.3, 0.4) is 0 Å². The van der Waals surface area contributed by atoms with Gasteiger partial charge in [-0.15, -0.1) is 0 Å². The lowest BCUT2D eigenvalue weighted by molar-refractivity contribution is -0.137. The first-order valence-corrected chi connectivity index (χ1v) is 7.14. The van der Waals surface area contributed by atoms with Crippen molar-refractivity contribution in [2.45, 2.75) is 19.2 Å². The van der Waals surface area contributed by atoms with Crippen LogP contribution >= 0.6 is 11.6 Å². The van der Waals surface area contributed by atoms with Crippen LogP contribution in [-0.2, 0) is 11.0 Å². The lowest BCUT2D eigenvalue weighted by Crippen LogP contribution is -2.30. The van der Waals surface area contributed by atoms with Gasteiger partial charge in [-0.1, -0.05) is 11.6 Å². The van der Waals surface area contributed by atoms with Crippen LogP contribution in [0, 0.1) is 5.82 Å². The van der Waals surface area contributed by atoms with Gasteiger partial charge < -0.3 is 10.1 Å². The standard InChI is InChI=1S/C16H12ClF4NO2/c1-9(15(23)22-14-7-4-11(18)8-13(14)17)24-12-5-2-10(3-6-12)16(19,20)21/h2-9H,1H3,(H,22,23)/t9-/m0/s1. The van der Waals surface area contributed by atoms with Crippen molar-refractivity contribution in [1.82, 2.24) is 0 Å². The van der Waals surface area contributed by atoms with Crippen molar-refractivity contribution in [3.8, 4) is 5.75 Å². The first-order valence-electron chi connectivity index (χ1n) is 6.76. The maximum absolute atomic E-state index is 12.9. The molecule has 0 aliphatic rings. The summed E-state index contributed by atoms with van der Waals surface area (Å²) in [6.45, 7) is 1.42. The summed E-state index contributed by atoms with van der Waals surface area (Å²) in [6.07, 6.45) is -5.44. The van der Waals surface area contributed by atoms with E-state index in [-0.39, 0.29) is 16.5 Å². The van der Waals surface area contributed by atoms with Gasteiger partial charge in [0, 0.05) is 0 Å². The van der Waals surface area contributed by atoms with Crippen LogP contribution in [0.15, 0.2) is 42.5 Å². The Kier molecular flexibility index (Phi) is 5.33. The largest absolute Gasteiger partial charge is 0.481 e. The predicted octanol–water partition coefficient (Wildman–Crippen LogP) is 4.90. The summed E-state index contributed by atoms with van der Waals surface area (Å²) < 4.78 is 55.7. The SMILES string of the molecule is C[C@H](Oc1ccc(C(F)(F)F)cc1)C(=O)Nc1ccc(F)cc1Cl. The molecule has 1 N–H and O–H groups in total. The van der Waals surface area contributed by atoms with Crippen LogP contribution in [0.2, 0.25) is 5.02 Å². The molecule has 0 saturated heterocycles. The summed E-state index contributed by atoms with van der Waals surface area (Å²) in [6, 6.07) is 7.42. The molecule has 2 aromatic rings. The Morgan fingerprint density at radius 1 is 1.17 bits per heavy atom. The van der Waals surface area contributed by atoms with Gasteiger partial charge in [0.25, 0.3) is 5.91 Å². The maximum Gasteiger partial charge on any atom is 0.416 e. The second kappa shape index (κ2) is 7.09. The third-order valence-corrected chi connectivity index (χ3v) is 3.37. The lowest BCUT2D eigenvalue weighted by Gasteiger charge is -2.16. The monoisotopic (exact) mass is 361 g/mol. The fraction of sp³-hybridized carbons (Fsp3) is 0.188. The predicted molar refractivity (Wildman–Crippen MR) is 81.6 cm³/mol. The number of alkyl halides is 3. The highest BCUT2D eigenvalue weighted by Gasteiger charge is 2.30. The molecule has 0 unspecified atom stereocenters. The molecule has 0 aromatic heterocycles. The Morgan fingerprint density at radius 2 is 1.79 bits per heavy atom. The zero-order valence-electron chi connectivity index (χ0n) is 12.3. The molecular weight excluding hydrogens is 350 g/mol. The average molecular weight is 362 g/mol. The van der Waals surface area contributed by atoms with Crippen molar-refractivity contribution >= 4 is 23.2 Å². The summed E-state index contributed by atoms with van der Waals surface area (Å²) in [5.41, 5.74) is -0.615. The van der Waals surface area contributed by atoms with Crippen molar-refractivity contribution in [2.75, 3.05) is 5.32 Å². The number of anilines is 1. The fourth-order valence-electron chi connectivity index (χ4n) is 1.81. The van der Waals surface area contributed by atoms with Crippen molar-refractivity contribution in [3.63, 3.8) is 0 Å². The second-order valence-electron chi connectivity index (χ2n) is 4.90. The quantitative estimate of drug-likeness (QED) is 0.786.